The van der Waals surface area contributed by atoms with Crippen molar-refractivity contribution >= 4 is 64.6 Å². The average molecular weight is 431 g/mol. The van der Waals surface area contributed by atoms with Gasteiger partial charge in [-0.1, -0.05) is 109 Å². The van der Waals surface area contributed by atoms with Crippen LogP contribution in [0.5, 0.6) is 0 Å². The molecule has 0 N–H and O–H groups in total. The van der Waals surface area contributed by atoms with Crippen LogP contribution in [0.4, 0.5) is 0 Å². The first-order valence-electron chi connectivity index (χ1n) is 11.8. The van der Waals surface area contributed by atoms with Gasteiger partial charge in [0.25, 0.3) is 0 Å². The molecule has 0 bridgehead atoms. The molecule has 0 atom stereocenters. The van der Waals surface area contributed by atoms with Crippen LogP contribution >= 0.6 is 0 Å². The largest absolute Gasteiger partial charge is 0.0616 e. The Morgan fingerprint density at radius 2 is 0.471 bits per heavy atom. The van der Waals surface area contributed by atoms with Crippen LogP contribution in [0.25, 0.3) is 64.6 Å². The zero-order valence-electron chi connectivity index (χ0n) is 18.7. The lowest BCUT2D eigenvalue weighted by molar-refractivity contribution is 1.77. The lowest BCUT2D eigenvalue weighted by Crippen LogP contribution is -1.82. The monoisotopic (exact) mass is 430 g/mol. The molecule has 34 heavy (non-hydrogen) atoms. The van der Waals surface area contributed by atoms with Crippen LogP contribution in [0.3, 0.4) is 0 Å². The predicted octanol–water partition coefficient (Wildman–Crippen LogP) is 9.73. The predicted molar refractivity (Wildman–Crippen MR) is 149 cm³/mol. The van der Waals surface area contributed by atoms with E-state index in [9.17, 15) is 0 Å². The van der Waals surface area contributed by atoms with Crippen molar-refractivity contribution in [3.8, 4) is 0 Å². The second-order valence-electron chi connectivity index (χ2n) is 9.04. The number of rotatable bonds is 0. The summed E-state index contributed by atoms with van der Waals surface area (Å²) in [7, 11) is 0. The van der Waals surface area contributed by atoms with Gasteiger partial charge < -0.3 is 0 Å². The summed E-state index contributed by atoms with van der Waals surface area (Å²) in [6.07, 6.45) is 0. The molecule has 0 amide bonds. The lowest BCUT2D eigenvalue weighted by atomic mass is 9.95. The van der Waals surface area contributed by atoms with Crippen LogP contribution in [0.1, 0.15) is 0 Å². The Labute approximate surface area is 198 Å². The van der Waals surface area contributed by atoms with E-state index in [4.69, 9.17) is 0 Å². The summed E-state index contributed by atoms with van der Waals surface area (Å²) in [5, 5.41) is 16.0. The highest BCUT2D eigenvalue weighted by Gasteiger charge is 2.06. The zero-order chi connectivity index (χ0) is 22.5. The van der Waals surface area contributed by atoms with E-state index < -0.39 is 0 Å². The van der Waals surface area contributed by atoms with E-state index in [1.54, 1.807) is 0 Å². The van der Waals surface area contributed by atoms with Crippen LogP contribution in [-0.2, 0) is 0 Å². The highest BCUT2D eigenvalue weighted by atomic mass is 14.1. The Kier molecular flexibility index (Phi) is 4.25. The van der Waals surface area contributed by atoms with Crippen molar-refractivity contribution < 1.29 is 0 Å². The molecule has 0 nitrogen and oxygen atoms in total. The molecule has 158 valence electrons. The van der Waals surface area contributed by atoms with Gasteiger partial charge in [0.2, 0.25) is 0 Å². The molecule has 0 aliphatic carbocycles. The molecule has 0 saturated carbocycles. The summed E-state index contributed by atoms with van der Waals surface area (Å²) < 4.78 is 0. The fraction of sp³-hybridized carbons (Fsp3) is 0. The van der Waals surface area contributed by atoms with Gasteiger partial charge in [-0.3, -0.25) is 0 Å². The minimum atomic E-state index is 1.31. The summed E-state index contributed by atoms with van der Waals surface area (Å²) in [6, 6.07) is 48.0. The molecule has 0 fully saturated rings. The van der Waals surface area contributed by atoms with Crippen molar-refractivity contribution in [2.75, 3.05) is 0 Å². The second-order valence-corrected chi connectivity index (χ2v) is 9.04. The van der Waals surface area contributed by atoms with Crippen LogP contribution < -0.4 is 0 Å². The van der Waals surface area contributed by atoms with E-state index in [1.165, 1.54) is 64.6 Å². The van der Waals surface area contributed by atoms with E-state index in [2.05, 4.69) is 133 Å². The highest BCUT2D eigenvalue weighted by molar-refractivity contribution is 6.22. The Morgan fingerprint density at radius 1 is 0.206 bits per heavy atom. The first kappa shape index (κ1) is 19.1. The van der Waals surface area contributed by atoms with Gasteiger partial charge in [0.15, 0.2) is 0 Å². The number of hydrogen-bond donors (Lipinski definition) is 0. The first-order valence-corrected chi connectivity index (χ1v) is 11.8. The average Bonchev–Trinajstić information content (AvgIpc) is 2.90. The van der Waals surface area contributed by atoms with Gasteiger partial charge in [-0.05, 0) is 88.9 Å². The summed E-state index contributed by atoms with van der Waals surface area (Å²) in [5.74, 6) is 0. The molecule has 0 aromatic heterocycles. The van der Waals surface area contributed by atoms with Gasteiger partial charge in [0, 0.05) is 0 Å². The van der Waals surface area contributed by atoms with Crippen LogP contribution in [0.15, 0.2) is 133 Å². The van der Waals surface area contributed by atoms with Crippen molar-refractivity contribution in [1.29, 1.82) is 0 Å². The molecule has 0 saturated heterocycles. The molecule has 8 rings (SSSR count). The molecular formula is C34H22. The highest BCUT2D eigenvalue weighted by Crippen LogP contribution is 2.34. The Bertz CT molecular complexity index is 1690. The third-order valence-electron chi connectivity index (χ3n) is 6.96. The maximum atomic E-state index is 2.27. The van der Waals surface area contributed by atoms with E-state index in [0.717, 1.165) is 0 Å². The van der Waals surface area contributed by atoms with E-state index in [1.807, 2.05) is 0 Å². The SMILES string of the molecule is c1cc2ccc3cccc4ccc(c1)c2c34.c1ccc2cc3cc4ccccc4cc3cc2c1. The molecule has 0 spiro atoms. The fourth-order valence-electron chi connectivity index (χ4n) is 5.30. The van der Waals surface area contributed by atoms with Crippen LogP contribution in [0.2, 0.25) is 0 Å². The molecule has 8 aromatic rings. The smallest absolute Gasteiger partial charge is 0.00268 e. The molecule has 0 heteroatoms. The molecule has 8 aromatic carbocycles. The lowest BCUT2D eigenvalue weighted by Gasteiger charge is -2.09. The van der Waals surface area contributed by atoms with Crippen molar-refractivity contribution in [3.63, 3.8) is 0 Å². The third-order valence-corrected chi connectivity index (χ3v) is 6.96. The first-order chi connectivity index (χ1) is 16.8. The molecule has 0 heterocycles. The quantitative estimate of drug-likeness (QED) is 0.166. The minimum absolute atomic E-state index is 1.31. The maximum absolute atomic E-state index is 2.27. The molecular weight excluding hydrogens is 408 g/mol. The Hall–Kier alpha value is -4.42. The summed E-state index contributed by atoms with van der Waals surface area (Å²) in [4.78, 5) is 0. The molecule has 0 unspecified atom stereocenters. The van der Waals surface area contributed by atoms with Gasteiger partial charge in [-0.2, -0.15) is 0 Å². The molecule has 0 aliphatic rings. The van der Waals surface area contributed by atoms with Gasteiger partial charge in [-0.15, -0.1) is 0 Å². The summed E-state index contributed by atoms with van der Waals surface area (Å²) >= 11 is 0. The second kappa shape index (κ2) is 7.57. The number of benzene rings is 8. The zero-order valence-corrected chi connectivity index (χ0v) is 18.7. The normalized spacial score (nSPS) is 11.5. The van der Waals surface area contributed by atoms with E-state index in [-0.39, 0.29) is 0 Å². The topological polar surface area (TPSA) is 0 Å². The van der Waals surface area contributed by atoms with Crippen molar-refractivity contribution in [2.24, 2.45) is 0 Å². The van der Waals surface area contributed by atoms with E-state index >= 15 is 0 Å². The van der Waals surface area contributed by atoms with Gasteiger partial charge in [0.05, 0.1) is 0 Å². The maximum Gasteiger partial charge on any atom is -0.00268 e. The third kappa shape index (κ3) is 3.08. The van der Waals surface area contributed by atoms with E-state index in [0.29, 0.717) is 0 Å². The Balaban J connectivity index is 0.000000118. The van der Waals surface area contributed by atoms with Gasteiger partial charge in [0.1, 0.15) is 0 Å². The van der Waals surface area contributed by atoms with Crippen LogP contribution in [0, 0.1) is 0 Å². The fourth-order valence-corrected chi connectivity index (χ4v) is 5.30. The number of hydrogen-bond acceptors (Lipinski definition) is 0. The Morgan fingerprint density at radius 3 is 0.765 bits per heavy atom. The van der Waals surface area contributed by atoms with Crippen molar-refractivity contribution in [1.82, 2.24) is 0 Å². The van der Waals surface area contributed by atoms with Crippen molar-refractivity contribution in [2.45, 2.75) is 0 Å². The summed E-state index contributed by atoms with van der Waals surface area (Å²) in [6.45, 7) is 0. The van der Waals surface area contributed by atoms with Gasteiger partial charge in [-0.25, -0.2) is 0 Å². The standard InChI is InChI=1S/C18H12.C16H10/c1-2-6-14-10-18-12-16-8-4-3-7-15(16)11-17(18)9-13(14)5-1;1-3-11-7-9-13-5-2-6-14-10-8-12(4-1)15(11)16(13)14/h1-12H;1-10H. The number of fused-ring (bicyclic) bond motifs is 3. The molecule has 0 aliphatic heterocycles. The summed E-state index contributed by atoms with van der Waals surface area (Å²) in [5.41, 5.74) is 0. The minimum Gasteiger partial charge on any atom is -0.0616 e. The van der Waals surface area contributed by atoms with Crippen molar-refractivity contribution in [3.05, 3.63) is 133 Å². The molecule has 0 radical (unpaired) electrons. The van der Waals surface area contributed by atoms with Gasteiger partial charge >= 0.3 is 0 Å². The van der Waals surface area contributed by atoms with Crippen LogP contribution in [-0.4, -0.2) is 0 Å².